The maximum absolute atomic E-state index is 10.2. The Kier molecular flexibility index (Phi) is 1.38. The molecule has 0 aromatic heterocycles. The summed E-state index contributed by atoms with van der Waals surface area (Å²) in [7, 11) is 0. The number of ether oxygens (including phenoxy) is 1. The van der Waals surface area contributed by atoms with Crippen LogP contribution in [0, 0.1) is 6.42 Å². The summed E-state index contributed by atoms with van der Waals surface area (Å²) >= 11 is 0. The number of hydrogen-bond donors (Lipinski definition) is 1. The molecule has 4 heteroatoms. The summed E-state index contributed by atoms with van der Waals surface area (Å²) in [6.07, 6.45) is 0.802. The summed E-state index contributed by atoms with van der Waals surface area (Å²) in [5, 5.41) is 2.34. The second kappa shape index (κ2) is 2.05. The molecule has 0 aromatic rings. The van der Waals surface area contributed by atoms with Crippen molar-refractivity contribution >= 4 is 11.9 Å². The van der Waals surface area contributed by atoms with Gasteiger partial charge < -0.3 is 10.1 Å². The lowest BCUT2D eigenvalue weighted by atomic mass is 10.2. The van der Waals surface area contributed by atoms with Crippen molar-refractivity contribution < 1.29 is 14.3 Å². The summed E-state index contributed by atoms with van der Waals surface area (Å²) in [4.78, 5) is 20.3. The first-order valence-corrected chi connectivity index (χ1v) is 2.51. The molecule has 9 heavy (non-hydrogen) atoms. The van der Waals surface area contributed by atoms with Crippen LogP contribution in [0.1, 0.15) is 6.92 Å². The topological polar surface area (TPSA) is 55.4 Å². The highest BCUT2D eigenvalue weighted by atomic mass is 16.6. The minimum absolute atomic E-state index is 0.193. The van der Waals surface area contributed by atoms with Gasteiger partial charge in [-0.05, 0) is 0 Å². The van der Waals surface area contributed by atoms with Crippen molar-refractivity contribution in [3.05, 3.63) is 6.42 Å². The van der Waals surface area contributed by atoms with Crippen molar-refractivity contribution in [1.29, 1.82) is 0 Å². The largest absolute Gasteiger partial charge is 0.441 e. The summed E-state index contributed by atoms with van der Waals surface area (Å²) in [5.74, 6) is -0.586. The Morgan fingerprint density at radius 2 is 2.44 bits per heavy atom. The van der Waals surface area contributed by atoms with Crippen molar-refractivity contribution in [2.75, 3.05) is 0 Å². The first kappa shape index (κ1) is 6.07. The SMILES string of the molecule is CC(=O)O[C@H]1[CH]C(=O)N1. The summed E-state index contributed by atoms with van der Waals surface area (Å²) in [6, 6.07) is 0. The van der Waals surface area contributed by atoms with Gasteiger partial charge in [-0.3, -0.25) is 9.59 Å². The molecule has 0 bridgehead atoms. The third-order valence-electron chi connectivity index (χ3n) is 0.880. The van der Waals surface area contributed by atoms with E-state index in [0.29, 0.717) is 0 Å². The fraction of sp³-hybridized carbons (Fsp3) is 0.400. The fourth-order valence-electron chi connectivity index (χ4n) is 0.514. The molecule has 1 atom stereocenters. The second-order valence-corrected chi connectivity index (χ2v) is 1.71. The molecule has 0 spiro atoms. The zero-order valence-corrected chi connectivity index (χ0v) is 4.88. The lowest BCUT2D eigenvalue weighted by Crippen LogP contribution is -2.51. The maximum Gasteiger partial charge on any atom is 0.304 e. The number of β-lactam (4-membered cyclic amide) rings is 1. The molecule has 1 fully saturated rings. The number of nitrogens with one attached hydrogen (secondary N) is 1. The number of carbonyl (C=O) groups excluding carboxylic acids is 2. The fourth-order valence-corrected chi connectivity index (χ4v) is 0.514. The number of esters is 1. The van der Waals surface area contributed by atoms with Gasteiger partial charge in [-0.1, -0.05) is 0 Å². The predicted octanol–water partition coefficient (Wildman–Crippen LogP) is -0.790. The van der Waals surface area contributed by atoms with Gasteiger partial charge in [0.25, 0.3) is 0 Å². The van der Waals surface area contributed by atoms with Crippen LogP contribution >= 0.6 is 0 Å². The Morgan fingerprint density at radius 1 is 1.89 bits per heavy atom. The van der Waals surface area contributed by atoms with Gasteiger partial charge in [0, 0.05) is 6.92 Å². The molecule has 4 nitrogen and oxygen atoms in total. The molecule has 1 saturated heterocycles. The van der Waals surface area contributed by atoms with Crippen LogP contribution in [-0.2, 0) is 14.3 Å². The Labute approximate surface area is 52.2 Å². The summed E-state index contributed by atoms with van der Waals surface area (Å²) in [5.41, 5.74) is 0. The van der Waals surface area contributed by atoms with Crippen LogP contribution in [0.25, 0.3) is 0 Å². The summed E-state index contributed by atoms with van der Waals surface area (Å²) in [6.45, 7) is 1.29. The lowest BCUT2D eigenvalue weighted by molar-refractivity contribution is -0.152. The quantitative estimate of drug-likeness (QED) is 0.372. The molecular weight excluding hydrogens is 122 g/mol. The van der Waals surface area contributed by atoms with Crippen molar-refractivity contribution in [1.82, 2.24) is 5.32 Å². The first-order valence-electron chi connectivity index (χ1n) is 2.51. The van der Waals surface area contributed by atoms with E-state index in [1.807, 2.05) is 0 Å². The van der Waals surface area contributed by atoms with E-state index in [0.717, 1.165) is 0 Å². The van der Waals surface area contributed by atoms with Crippen LogP contribution in [-0.4, -0.2) is 18.1 Å². The Morgan fingerprint density at radius 3 is 2.78 bits per heavy atom. The van der Waals surface area contributed by atoms with Crippen molar-refractivity contribution in [3.8, 4) is 0 Å². The average Bonchev–Trinajstić information content (AvgIpc) is 1.60. The molecule has 0 aliphatic carbocycles. The van der Waals surface area contributed by atoms with E-state index in [-0.39, 0.29) is 5.91 Å². The molecular formula is C5H6NO3. The number of amides is 1. The molecule has 1 heterocycles. The zero-order chi connectivity index (χ0) is 6.85. The third-order valence-corrected chi connectivity index (χ3v) is 0.880. The molecule has 1 N–H and O–H groups in total. The van der Waals surface area contributed by atoms with Gasteiger partial charge in [0.1, 0.15) is 6.42 Å². The molecule has 0 saturated carbocycles. The van der Waals surface area contributed by atoms with Crippen LogP contribution in [0.5, 0.6) is 0 Å². The van der Waals surface area contributed by atoms with Crippen LogP contribution in [0.3, 0.4) is 0 Å². The Hall–Kier alpha value is -1.06. The van der Waals surface area contributed by atoms with Gasteiger partial charge >= 0.3 is 5.97 Å². The normalized spacial score (nSPS) is 24.1. The number of carbonyl (C=O) groups is 2. The minimum atomic E-state index is -0.491. The first-order chi connectivity index (χ1) is 4.18. The Bertz CT molecular complexity index is 146. The van der Waals surface area contributed by atoms with E-state index in [1.165, 1.54) is 13.3 Å². The standard InChI is InChI=1S/C5H6NO3/c1-3(7)9-5-2-4(8)6-5/h2,5H,1H3,(H,6,8)/t5-/m0/s1. The Balaban J connectivity index is 2.18. The zero-order valence-electron chi connectivity index (χ0n) is 4.88. The van der Waals surface area contributed by atoms with Gasteiger partial charge in [0.2, 0.25) is 5.91 Å². The summed E-state index contributed by atoms with van der Waals surface area (Å²) < 4.78 is 4.53. The van der Waals surface area contributed by atoms with Gasteiger partial charge in [-0.2, -0.15) is 0 Å². The highest BCUT2D eigenvalue weighted by Crippen LogP contribution is 2.03. The average molecular weight is 128 g/mol. The van der Waals surface area contributed by atoms with Crippen LogP contribution in [0.15, 0.2) is 0 Å². The van der Waals surface area contributed by atoms with Crippen LogP contribution in [0.4, 0.5) is 0 Å². The predicted molar refractivity (Wildman–Crippen MR) is 28.0 cm³/mol. The van der Waals surface area contributed by atoms with Crippen molar-refractivity contribution in [2.45, 2.75) is 13.2 Å². The number of hydrogen-bond acceptors (Lipinski definition) is 3. The highest BCUT2D eigenvalue weighted by Gasteiger charge is 2.28. The van der Waals surface area contributed by atoms with Gasteiger partial charge in [-0.15, -0.1) is 0 Å². The smallest absolute Gasteiger partial charge is 0.304 e. The maximum atomic E-state index is 10.2. The molecule has 1 aliphatic rings. The van der Waals surface area contributed by atoms with Crippen LogP contribution in [0.2, 0.25) is 0 Å². The van der Waals surface area contributed by atoms with E-state index in [1.54, 1.807) is 0 Å². The molecule has 49 valence electrons. The molecule has 1 amide bonds. The third kappa shape index (κ3) is 1.42. The van der Waals surface area contributed by atoms with Gasteiger partial charge in [-0.25, -0.2) is 0 Å². The molecule has 0 aromatic carbocycles. The van der Waals surface area contributed by atoms with E-state index < -0.39 is 12.2 Å². The molecule has 1 aliphatic heterocycles. The van der Waals surface area contributed by atoms with Crippen molar-refractivity contribution in [3.63, 3.8) is 0 Å². The molecule has 1 rings (SSSR count). The monoisotopic (exact) mass is 128 g/mol. The van der Waals surface area contributed by atoms with Gasteiger partial charge in [0.15, 0.2) is 6.23 Å². The highest BCUT2D eigenvalue weighted by molar-refractivity contribution is 5.92. The van der Waals surface area contributed by atoms with Gasteiger partial charge in [0.05, 0.1) is 0 Å². The molecule has 1 radical (unpaired) electrons. The van der Waals surface area contributed by atoms with E-state index >= 15 is 0 Å². The lowest BCUT2D eigenvalue weighted by Gasteiger charge is -2.24. The van der Waals surface area contributed by atoms with Crippen molar-refractivity contribution in [2.24, 2.45) is 0 Å². The minimum Gasteiger partial charge on any atom is -0.441 e. The second-order valence-electron chi connectivity index (χ2n) is 1.71. The van der Waals surface area contributed by atoms with Crippen LogP contribution < -0.4 is 5.32 Å². The van der Waals surface area contributed by atoms with E-state index in [9.17, 15) is 9.59 Å². The van der Waals surface area contributed by atoms with E-state index in [2.05, 4.69) is 10.1 Å². The molecule has 0 unspecified atom stereocenters. The van der Waals surface area contributed by atoms with E-state index in [4.69, 9.17) is 0 Å². The number of rotatable bonds is 1.